The Labute approximate surface area is 77.2 Å². The molecule has 0 amide bonds. The molecule has 12 heavy (non-hydrogen) atoms. The normalized spacial score (nSPS) is 13.4. The highest BCUT2D eigenvalue weighted by atomic mass is 28.3. The van der Waals surface area contributed by atoms with E-state index in [0.717, 1.165) is 19.3 Å². The summed E-state index contributed by atoms with van der Waals surface area (Å²) in [7, 11) is -1.18. The first kappa shape index (κ1) is 11.7. The SMILES string of the molecule is CCC(O)CCC#C[Si](C)(C)C. The lowest BCUT2D eigenvalue weighted by molar-refractivity contribution is 0.162. The van der Waals surface area contributed by atoms with E-state index in [1.807, 2.05) is 6.92 Å². The van der Waals surface area contributed by atoms with Crippen LogP contribution in [-0.4, -0.2) is 19.3 Å². The van der Waals surface area contributed by atoms with Gasteiger partial charge < -0.3 is 5.11 Å². The molecular formula is C10H20OSi. The number of rotatable bonds is 3. The monoisotopic (exact) mass is 184 g/mol. The molecule has 0 aromatic rings. The lowest BCUT2D eigenvalue weighted by atomic mass is 10.2. The third-order valence-electron chi connectivity index (χ3n) is 1.54. The van der Waals surface area contributed by atoms with Crippen molar-refractivity contribution in [2.75, 3.05) is 0 Å². The van der Waals surface area contributed by atoms with Gasteiger partial charge in [-0.3, -0.25) is 0 Å². The van der Waals surface area contributed by atoms with Gasteiger partial charge in [-0.25, -0.2) is 0 Å². The zero-order valence-corrected chi connectivity index (χ0v) is 9.65. The van der Waals surface area contributed by atoms with Gasteiger partial charge in [-0.15, -0.1) is 11.5 Å². The van der Waals surface area contributed by atoms with Crippen molar-refractivity contribution < 1.29 is 5.11 Å². The Morgan fingerprint density at radius 1 is 1.33 bits per heavy atom. The van der Waals surface area contributed by atoms with Gasteiger partial charge >= 0.3 is 0 Å². The summed E-state index contributed by atoms with van der Waals surface area (Å²) in [6, 6.07) is 0. The summed E-state index contributed by atoms with van der Waals surface area (Å²) < 4.78 is 0. The zero-order chi connectivity index (χ0) is 9.61. The molecule has 1 N–H and O–H groups in total. The van der Waals surface area contributed by atoms with Crippen LogP contribution in [0.1, 0.15) is 26.2 Å². The molecule has 70 valence electrons. The Bertz CT molecular complexity index is 171. The van der Waals surface area contributed by atoms with Gasteiger partial charge in [0.25, 0.3) is 0 Å². The van der Waals surface area contributed by atoms with Crippen LogP contribution in [0.3, 0.4) is 0 Å². The average Bonchev–Trinajstić information content (AvgIpc) is 1.96. The van der Waals surface area contributed by atoms with Crippen LogP contribution < -0.4 is 0 Å². The van der Waals surface area contributed by atoms with E-state index in [1.54, 1.807) is 0 Å². The van der Waals surface area contributed by atoms with Gasteiger partial charge in [0, 0.05) is 6.42 Å². The second-order valence-electron chi connectivity index (χ2n) is 4.15. The Morgan fingerprint density at radius 2 is 1.92 bits per heavy atom. The van der Waals surface area contributed by atoms with Crippen molar-refractivity contribution in [1.29, 1.82) is 0 Å². The Kier molecular flexibility index (Phi) is 5.28. The van der Waals surface area contributed by atoms with Gasteiger partial charge in [-0.05, 0) is 12.8 Å². The van der Waals surface area contributed by atoms with Crippen LogP contribution in [0.2, 0.25) is 19.6 Å². The van der Waals surface area contributed by atoms with E-state index in [4.69, 9.17) is 0 Å². The highest BCUT2D eigenvalue weighted by Crippen LogP contribution is 2.01. The maximum Gasteiger partial charge on any atom is 0.129 e. The van der Waals surface area contributed by atoms with Crippen molar-refractivity contribution in [3.63, 3.8) is 0 Å². The van der Waals surface area contributed by atoms with Crippen molar-refractivity contribution in [1.82, 2.24) is 0 Å². The van der Waals surface area contributed by atoms with Gasteiger partial charge in [0.1, 0.15) is 8.07 Å². The van der Waals surface area contributed by atoms with Crippen molar-refractivity contribution in [2.45, 2.75) is 51.9 Å². The minimum Gasteiger partial charge on any atom is -0.393 e. The molecule has 0 rings (SSSR count). The Hall–Kier alpha value is -0.263. The molecule has 0 heterocycles. The number of hydrogen-bond donors (Lipinski definition) is 1. The topological polar surface area (TPSA) is 20.2 Å². The summed E-state index contributed by atoms with van der Waals surface area (Å²) in [5.41, 5.74) is 3.28. The molecule has 0 aliphatic rings. The number of hydrogen-bond acceptors (Lipinski definition) is 1. The predicted octanol–water partition coefficient (Wildman–Crippen LogP) is 2.42. The first-order valence-electron chi connectivity index (χ1n) is 4.64. The third kappa shape index (κ3) is 7.84. The maximum atomic E-state index is 9.23. The van der Waals surface area contributed by atoms with Crippen LogP contribution in [0.5, 0.6) is 0 Å². The molecule has 1 atom stereocenters. The van der Waals surface area contributed by atoms with Gasteiger partial charge in [0.05, 0.1) is 6.10 Å². The minimum atomic E-state index is -1.18. The molecule has 0 aliphatic heterocycles. The second kappa shape index (κ2) is 5.39. The van der Waals surface area contributed by atoms with Gasteiger partial charge in [-0.1, -0.05) is 26.6 Å². The summed E-state index contributed by atoms with van der Waals surface area (Å²) >= 11 is 0. The van der Waals surface area contributed by atoms with Gasteiger partial charge in [-0.2, -0.15) is 0 Å². The van der Waals surface area contributed by atoms with Crippen LogP contribution in [0, 0.1) is 11.5 Å². The molecule has 0 aromatic heterocycles. The fourth-order valence-electron chi connectivity index (χ4n) is 0.771. The molecule has 0 spiro atoms. The van der Waals surface area contributed by atoms with E-state index >= 15 is 0 Å². The molecule has 0 saturated carbocycles. The molecule has 0 saturated heterocycles. The summed E-state index contributed by atoms with van der Waals surface area (Å²) in [6.07, 6.45) is 2.36. The van der Waals surface area contributed by atoms with Crippen molar-refractivity contribution >= 4 is 8.07 Å². The molecule has 2 heteroatoms. The lowest BCUT2D eigenvalue weighted by Gasteiger charge is -2.05. The van der Waals surface area contributed by atoms with Crippen LogP contribution in [0.4, 0.5) is 0 Å². The average molecular weight is 184 g/mol. The molecular weight excluding hydrogens is 164 g/mol. The first-order valence-corrected chi connectivity index (χ1v) is 8.14. The minimum absolute atomic E-state index is 0.152. The zero-order valence-electron chi connectivity index (χ0n) is 8.65. The summed E-state index contributed by atoms with van der Waals surface area (Å²) in [5.74, 6) is 3.14. The molecule has 0 aliphatic carbocycles. The van der Waals surface area contributed by atoms with E-state index in [-0.39, 0.29) is 6.10 Å². The van der Waals surface area contributed by atoms with Gasteiger partial charge in [0.15, 0.2) is 0 Å². The molecule has 0 bridgehead atoms. The van der Waals surface area contributed by atoms with E-state index in [0.29, 0.717) is 0 Å². The third-order valence-corrected chi connectivity index (χ3v) is 2.46. The van der Waals surface area contributed by atoms with E-state index in [1.165, 1.54) is 0 Å². The van der Waals surface area contributed by atoms with Crippen LogP contribution in [-0.2, 0) is 0 Å². The predicted molar refractivity (Wildman–Crippen MR) is 56.7 cm³/mol. The smallest absolute Gasteiger partial charge is 0.129 e. The van der Waals surface area contributed by atoms with Crippen LogP contribution >= 0.6 is 0 Å². The number of aliphatic hydroxyl groups is 1. The van der Waals surface area contributed by atoms with E-state index in [2.05, 4.69) is 31.1 Å². The van der Waals surface area contributed by atoms with Crippen LogP contribution in [0.25, 0.3) is 0 Å². The summed E-state index contributed by atoms with van der Waals surface area (Å²) in [6.45, 7) is 8.69. The molecule has 1 unspecified atom stereocenters. The Balaban J connectivity index is 3.60. The maximum absolute atomic E-state index is 9.23. The summed E-state index contributed by atoms with van der Waals surface area (Å²) in [4.78, 5) is 0. The second-order valence-corrected chi connectivity index (χ2v) is 8.90. The quantitative estimate of drug-likeness (QED) is 0.527. The molecule has 0 aromatic carbocycles. The Morgan fingerprint density at radius 3 is 2.33 bits per heavy atom. The van der Waals surface area contributed by atoms with Crippen molar-refractivity contribution in [3.8, 4) is 11.5 Å². The molecule has 1 nitrogen and oxygen atoms in total. The highest BCUT2D eigenvalue weighted by molar-refractivity contribution is 6.83. The largest absolute Gasteiger partial charge is 0.393 e. The van der Waals surface area contributed by atoms with E-state index in [9.17, 15) is 5.11 Å². The molecule has 0 fully saturated rings. The highest BCUT2D eigenvalue weighted by Gasteiger charge is 2.07. The van der Waals surface area contributed by atoms with E-state index < -0.39 is 8.07 Å². The van der Waals surface area contributed by atoms with Crippen molar-refractivity contribution in [2.24, 2.45) is 0 Å². The summed E-state index contributed by atoms with van der Waals surface area (Å²) in [5, 5.41) is 9.23. The lowest BCUT2D eigenvalue weighted by Crippen LogP contribution is -2.16. The molecule has 0 radical (unpaired) electrons. The van der Waals surface area contributed by atoms with Gasteiger partial charge in [0.2, 0.25) is 0 Å². The first-order chi connectivity index (χ1) is 5.45. The fraction of sp³-hybridized carbons (Fsp3) is 0.800. The fourth-order valence-corrected chi connectivity index (χ4v) is 1.43. The standard InChI is InChI=1S/C10H20OSi/c1-5-10(11)8-6-7-9-12(2,3)4/h10-11H,5-6,8H2,1-4H3. The van der Waals surface area contributed by atoms with Crippen molar-refractivity contribution in [3.05, 3.63) is 0 Å². The van der Waals surface area contributed by atoms with Crippen LogP contribution in [0.15, 0.2) is 0 Å². The number of aliphatic hydroxyl groups excluding tert-OH is 1.